The van der Waals surface area contributed by atoms with Crippen LogP contribution in [0.4, 0.5) is 13.2 Å². The molecule has 8 nitrogen and oxygen atoms in total. The van der Waals surface area contributed by atoms with Gasteiger partial charge in [-0.15, -0.1) is 0 Å². The van der Waals surface area contributed by atoms with E-state index in [1.807, 2.05) is 0 Å². The molecule has 3 heterocycles. The summed E-state index contributed by atoms with van der Waals surface area (Å²) in [5, 5.41) is 7.13. The zero-order valence-electron chi connectivity index (χ0n) is 15.5. The molecule has 0 amide bonds. The molecule has 3 aromatic heterocycles. The molecule has 1 N–H and O–H groups in total. The zero-order chi connectivity index (χ0) is 21.5. The standard InChI is InChI=1S/C19H14F3N5O3/c1-26-15(24-25-18(26)29)10-27-8-6-13(19(20,21)22)16(17(27)28)30-14-4-2-3-11-9-23-7-5-12(11)14/h2-9H,10H2,1H3,(H,25,29). The van der Waals surface area contributed by atoms with Gasteiger partial charge >= 0.3 is 11.9 Å². The number of ether oxygens (including phenoxy) is 1. The number of aromatic nitrogens is 5. The first-order valence-corrected chi connectivity index (χ1v) is 8.67. The van der Waals surface area contributed by atoms with E-state index in [1.54, 1.807) is 18.2 Å². The maximum Gasteiger partial charge on any atom is 0.420 e. The van der Waals surface area contributed by atoms with Gasteiger partial charge in [-0.3, -0.25) is 14.3 Å². The van der Waals surface area contributed by atoms with E-state index in [0.29, 0.717) is 10.8 Å². The molecule has 154 valence electrons. The number of halogens is 3. The number of hydrogen-bond donors (Lipinski definition) is 1. The third kappa shape index (κ3) is 3.45. The monoisotopic (exact) mass is 417 g/mol. The van der Waals surface area contributed by atoms with Gasteiger partial charge in [0.2, 0.25) is 5.75 Å². The molecule has 30 heavy (non-hydrogen) atoms. The van der Waals surface area contributed by atoms with Crippen LogP contribution in [0.15, 0.2) is 58.5 Å². The summed E-state index contributed by atoms with van der Waals surface area (Å²) < 4.78 is 48.4. The number of fused-ring (bicyclic) bond motifs is 1. The number of benzene rings is 1. The normalized spacial score (nSPS) is 11.7. The summed E-state index contributed by atoms with van der Waals surface area (Å²) in [4.78, 5) is 28.4. The van der Waals surface area contributed by atoms with Crippen LogP contribution < -0.4 is 16.0 Å². The average Bonchev–Trinajstić information content (AvgIpc) is 3.02. The van der Waals surface area contributed by atoms with E-state index in [1.165, 1.54) is 25.5 Å². The topological polar surface area (TPSA) is 94.8 Å². The van der Waals surface area contributed by atoms with Gasteiger partial charge in [0.25, 0.3) is 5.56 Å². The summed E-state index contributed by atoms with van der Waals surface area (Å²) in [6, 6.07) is 7.12. The van der Waals surface area contributed by atoms with Crippen molar-refractivity contribution >= 4 is 10.8 Å². The Labute approximate surface area is 166 Å². The molecule has 0 saturated carbocycles. The van der Waals surface area contributed by atoms with Crippen LogP contribution in [0.1, 0.15) is 11.4 Å². The molecule has 0 aliphatic carbocycles. The SMILES string of the molecule is Cn1c(Cn2ccc(C(F)(F)F)c(Oc3cccc4cnccc34)c2=O)n[nH]c1=O. The van der Waals surface area contributed by atoms with E-state index < -0.39 is 28.7 Å². The van der Waals surface area contributed by atoms with Crippen molar-refractivity contribution in [3.8, 4) is 11.5 Å². The van der Waals surface area contributed by atoms with Crippen LogP contribution in [0, 0.1) is 0 Å². The zero-order valence-corrected chi connectivity index (χ0v) is 15.5. The third-order valence-corrected chi connectivity index (χ3v) is 4.56. The lowest BCUT2D eigenvalue weighted by molar-refractivity contribution is -0.138. The molecule has 11 heteroatoms. The van der Waals surface area contributed by atoms with E-state index in [2.05, 4.69) is 15.2 Å². The van der Waals surface area contributed by atoms with Gasteiger partial charge in [-0.25, -0.2) is 9.89 Å². The minimum atomic E-state index is -4.81. The summed E-state index contributed by atoms with van der Waals surface area (Å²) in [7, 11) is 1.43. The number of nitrogens with zero attached hydrogens (tertiary/aromatic N) is 4. The summed E-state index contributed by atoms with van der Waals surface area (Å²) in [5.74, 6) is -0.610. The Morgan fingerprint density at radius 1 is 1.17 bits per heavy atom. The first-order chi connectivity index (χ1) is 14.3. The molecule has 0 unspecified atom stereocenters. The van der Waals surface area contributed by atoms with Crippen molar-refractivity contribution in [2.75, 3.05) is 0 Å². The van der Waals surface area contributed by atoms with Gasteiger partial charge in [0.1, 0.15) is 11.3 Å². The second-order valence-corrected chi connectivity index (χ2v) is 6.45. The van der Waals surface area contributed by atoms with Crippen molar-refractivity contribution in [1.82, 2.24) is 24.3 Å². The van der Waals surface area contributed by atoms with Gasteiger partial charge in [0.15, 0.2) is 5.82 Å². The summed E-state index contributed by atoms with van der Waals surface area (Å²) in [5.41, 5.74) is -2.72. The van der Waals surface area contributed by atoms with Crippen LogP contribution >= 0.6 is 0 Å². The first-order valence-electron chi connectivity index (χ1n) is 8.67. The van der Waals surface area contributed by atoms with E-state index in [0.717, 1.165) is 21.4 Å². The lowest BCUT2D eigenvalue weighted by Crippen LogP contribution is -2.26. The third-order valence-electron chi connectivity index (χ3n) is 4.56. The predicted molar refractivity (Wildman–Crippen MR) is 100 cm³/mol. The second-order valence-electron chi connectivity index (χ2n) is 6.45. The number of aromatic amines is 1. The molecule has 1 aromatic carbocycles. The molecule has 0 bridgehead atoms. The Bertz CT molecular complexity index is 1350. The van der Waals surface area contributed by atoms with Crippen molar-refractivity contribution in [2.24, 2.45) is 7.05 Å². The fourth-order valence-electron chi connectivity index (χ4n) is 2.97. The number of hydrogen-bond acceptors (Lipinski definition) is 5. The van der Waals surface area contributed by atoms with Crippen molar-refractivity contribution in [2.45, 2.75) is 12.7 Å². The lowest BCUT2D eigenvalue weighted by atomic mass is 10.1. The van der Waals surface area contributed by atoms with Gasteiger partial charge in [-0.1, -0.05) is 12.1 Å². The first kappa shape index (κ1) is 19.4. The van der Waals surface area contributed by atoms with Crippen molar-refractivity contribution in [3.63, 3.8) is 0 Å². The highest BCUT2D eigenvalue weighted by Gasteiger charge is 2.36. The number of rotatable bonds is 4. The van der Waals surface area contributed by atoms with Gasteiger partial charge in [0, 0.05) is 36.4 Å². The molecule has 0 atom stereocenters. The molecule has 4 rings (SSSR count). The minimum Gasteiger partial charge on any atom is -0.450 e. The molecule has 4 aromatic rings. The number of alkyl halides is 3. The highest BCUT2D eigenvalue weighted by molar-refractivity contribution is 5.87. The number of H-pyrrole nitrogens is 1. The fraction of sp³-hybridized carbons (Fsp3) is 0.158. The van der Waals surface area contributed by atoms with Crippen LogP contribution in [0.3, 0.4) is 0 Å². The summed E-state index contributed by atoms with van der Waals surface area (Å²) >= 11 is 0. The van der Waals surface area contributed by atoms with Crippen LogP contribution in [-0.4, -0.2) is 24.3 Å². The predicted octanol–water partition coefficient (Wildman–Crippen LogP) is 2.68. The maximum atomic E-state index is 13.6. The van der Waals surface area contributed by atoms with Crippen LogP contribution in [0.25, 0.3) is 10.8 Å². The molecule has 0 spiro atoms. The van der Waals surface area contributed by atoms with Gasteiger partial charge < -0.3 is 9.30 Å². The fourth-order valence-corrected chi connectivity index (χ4v) is 2.97. The quantitative estimate of drug-likeness (QED) is 0.551. The highest BCUT2D eigenvalue weighted by Crippen LogP contribution is 2.37. The Morgan fingerprint density at radius 2 is 1.97 bits per heavy atom. The Kier molecular flexibility index (Phi) is 4.65. The van der Waals surface area contributed by atoms with E-state index in [4.69, 9.17) is 4.74 Å². The Balaban J connectivity index is 1.85. The highest BCUT2D eigenvalue weighted by atomic mass is 19.4. The molecular formula is C19H14F3N5O3. The molecular weight excluding hydrogens is 403 g/mol. The molecule has 0 aliphatic heterocycles. The summed E-state index contributed by atoms with van der Waals surface area (Å²) in [6.45, 7) is -0.220. The second kappa shape index (κ2) is 7.17. The van der Waals surface area contributed by atoms with E-state index >= 15 is 0 Å². The van der Waals surface area contributed by atoms with Crippen LogP contribution in [0.2, 0.25) is 0 Å². The average molecular weight is 417 g/mol. The van der Waals surface area contributed by atoms with Gasteiger partial charge in [-0.05, 0) is 18.2 Å². The maximum absolute atomic E-state index is 13.6. The number of pyridine rings is 2. The van der Waals surface area contributed by atoms with Crippen molar-refractivity contribution in [1.29, 1.82) is 0 Å². The molecule has 0 saturated heterocycles. The lowest BCUT2D eigenvalue weighted by Gasteiger charge is -2.16. The largest absolute Gasteiger partial charge is 0.450 e. The van der Waals surface area contributed by atoms with Gasteiger partial charge in [-0.2, -0.15) is 18.3 Å². The van der Waals surface area contributed by atoms with Gasteiger partial charge in [0.05, 0.1) is 6.54 Å². The minimum absolute atomic E-state index is 0.0856. The van der Waals surface area contributed by atoms with Crippen LogP contribution in [0.5, 0.6) is 11.5 Å². The molecule has 0 fully saturated rings. The van der Waals surface area contributed by atoms with Crippen molar-refractivity contribution < 1.29 is 17.9 Å². The molecule has 0 aliphatic rings. The summed E-state index contributed by atoms with van der Waals surface area (Å²) in [6.07, 6.45) is -0.807. The molecule has 0 radical (unpaired) electrons. The van der Waals surface area contributed by atoms with E-state index in [9.17, 15) is 22.8 Å². The Hall–Kier alpha value is -3.89. The Morgan fingerprint density at radius 3 is 2.67 bits per heavy atom. The van der Waals surface area contributed by atoms with Crippen molar-refractivity contribution in [3.05, 3.63) is 81.1 Å². The number of nitrogens with one attached hydrogen (secondary N) is 1. The van der Waals surface area contributed by atoms with E-state index in [-0.39, 0.29) is 18.1 Å². The van der Waals surface area contributed by atoms with Crippen LogP contribution in [-0.2, 0) is 19.8 Å². The smallest absolute Gasteiger partial charge is 0.420 e.